The van der Waals surface area contributed by atoms with Crippen LogP contribution in [0.3, 0.4) is 0 Å². The minimum Gasteiger partial charge on any atom is -0.345 e. The fraction of sp³-hybridized carbons (Fsp3) is 0.150. The van der Waals surface area contributed by atoms with E-state index in [1.807, 2.05) is 54.1 Å². The Morgan fingerprint density at radius 1 is 1.11 bits per heavy atom. The van der Waals surface area contributed by atoms with E-state index in [9.17, 15) is 4.79 Å². The molecule has 3 aromatic rings. The Hall–Kier alpha value is -2.28. The van der Waals surface area contributed by atoms with Gasteiger partial charge in [0.05, 0.1) is 6.54 Å². The molecule has 1 N–H and O–H groups in total. The van der Waals surface area contributed by atoms with Crippen molar-refractivity contribution in [1.29, 1.82) is 0 Å². The van der Waals surface area contributed by atoms with E-state index in [2.05, 4.69) is 15.5 Å². The zero-order valence-electron chi connectivity index (χ0n) is 15.1. The quantitative estimate of drug-likeness (QED) is 0.432. The van der Waals surface area contributed by atoms with E-state index in [0.29, 0.717) is 16.6 Å². The lowest BCUT2D eigenvalue weighted by atomic mass is 10.2. The van der Waals surface area contributed by atoms with Crippen molar-refractivity contribution in [3.05, 3.63) is 81.6 Å². The number of carbonyl (C=O) groups is 1. The van der Waals surface area contributed by atoms with Crippen LogP contribution in [0.5, 0.6) is 0 Å². The van der Waals surface area contributed by atoms with Gasteiger partial charge in [-0.2, -0.15) is 0 Å². The molecule has 144 valence electrons. The van der Waals surface area contributed by atoms with Gasteiger partial charge < -0.3 is 9.88 Å². The monoisotopic (exact) mass is 432 g/mol. The second kappa shape index (κ2) is 9.78. The van der Waals surface area contributed by atoms with Crippen LogP contribution < -0.4 is 5.32 Å². The lowest BCUT2D eigenvalue weighted by Crippen LogP contribution is -2.22. The Bertz CT molecular complexity index is 1000. The Kier molecular flexibility index (Phi) is 7.14. The van der Waals surface area contributed by atoms with E-state index in [0.717, 1.165) is 21.3 Å². The Balaban J connectivity index is 1.55. The molecule has 0 aliphatic heterocycles. The number of nitrogens with zero attached hydrogens (tertiary/aromatic N) is 3. The van der Waals surface area contributed by atoms with Crippen molar-refractivity contribution >= 4 is 46.9 Å². The number of hydrogen-bond acceptors (Lipinski definition) is 4. The number of aromatic nitrogens is 3. The van der Waals surface area contributed by atoms with Crippen molar-refractivity contribution in [1.82, 2.24) is 20.1 Å². The molecule has 8 heteroatoms. The van der Waals surface area contributed by atoms with Gasteiger partial charge in [0.25, 0.3) is 0 Å². The van der Waals surface area contributed by atoms with E-state index in [1.54, 1.807) is 23.9 Å². The molecule has 0 atom stereocenters. The van der Waals surface area contributed by atoms with Crippen LogP contribution in [0, 0.1) is 0 Å². The zero-order valence-corrected chi connectivity index (χ0v) is 17.4. The van der Waals surface area contributed by atoms with Crippen molar-refractivity contribution in [2.24, 2.45) is 7.05 Å². The van der Waals surface area contributed by atoms with Gasteiger partial charge in [-0.05, 0) is 29.3 Å². The molecule has 3 rings (SSSR count). The summed E-state index contributed by atoms with van der Waals surface area (Å²) < 4.78 is 1.86. The highest BCUT2D eigenvalue weighted by atomic mass is 35.5. The molecule has 0 saturated heterocycles. The normalized spacial score (nSPS) is 11.1. The Labute approximate surface area is 177 Å². The maximum Gasteiger partial charge on any atom is 0.244 e. The lowest BCUT2D eigenvalue weighted by Gasteiger charge is -2.05. The summed E-state index contributed by atoms with van der Waals surface area (Å²) in [6.07, 6.45) is 3.13. The number of halogens is 2. The van der Waals surface area contributed by atoms with E-state index in [4.69, 9.17) is 23.2 Å². The Morgan fingerprint density at radius 2 is 1.82 bits per heavy atom. The predicted molar refractivity (Wildman–Crippen MR) is 114 cm³/mol. The maximum atomic E-state index is 12.0. The van der Waals surface area contributed by atoms with Crippen LogP contribution in [0.1, 0.15) is 17.0 Å². The molecule has 2 aromatic carbocycles. The summed E-state index contributed by atoms with van der Waals surface area (Å²) in [5.74, 6) is 1.13. The molecule has 5 nitrogen and oxygen atoms in total. The minimum absolute atomic E-state index is 0.229. The largest absolute Gasteiger partial charge is 0.345 e. The summed E-state index contributed by atoms with van der Waals surface area (Å²) in [7, 11) is 1.87. The second-order valence-corrected chi connectivity index (χ2v) is 7.67. The third-order valence-electron chi connectivity index (χ3n) is 3.98. The van der Waals surface area contributed by atoms with E-state index >= 15 is 0 Å². The minimum atomic E-state index is -0.229. The number of rotatable bonds is 7. The van der Waals surface area contributed by atoms with Gasteiger partial charge in [-0.1, -0.05) is 71.4 Å². The molecule has 28 heavy (non-hydrogen) atoms. The maximum absolute atomic E-state index is 12.0. The molecule has 0 spiro atoms. The summed E-state index contributed by atoms with van der Waals surface area (Å²) in [4.78, 5) is 12.0. The SMILES string of the molecule is Cn1c(CNC(=O)/C=C/c2ccccc2Cl)nnc1SCc1ccccc1Cl. The molecule has 1 aromatic heterocycles. The smallest absolute Gasteiger partial charge is 0.244 e. The van der Waals surface area contributed by atoms with Crippen molar-refractivity contribution < 1.29 is 4.79 Å². The summed E-state index contributed by atoms with van der Waals surface area (Å²) in [5.41, 5.74) is 1.83. The molecule has 1 heterocycles. The van der Waals surface area contributed by atoms with Crippen LogP contribution in [0.15, 0.2) is 59.8 Å². The third kappa shape index (κ3) is 5.38. The van der Waals surface area contributed by atoms with E-state index in [1.165, 1.54) is 6.08 Å². The first-order valence-corrected chi connectivity index (χ1v) is 10.2. The van der Waals surface area contributed by atoms with Crippen LogP contribution in [0.25, 0.3) is 6.08 Å². The average molecular weight is 433 g/mol. The van der Waals surface area contributed by atoms with Crippen LogP contribution in [0.4, 0.5) is 0 Å². The molecule has 1 amide bonds. The highest BCUT2D eigenvalue weighted by molar-refractivity contribution is 7.98. The van der Waals surface area contributed by atoms with Crippen molar-refractivity contribution in [2.45, 2.75) is 17.5 Å². The number of carbonyl (C=O) groups excluding carboxylic acids is 1. The van der Waals surface area contributed by atoms with Crippen molar-refractivity contribution in [2.75, 3.05) is 0 Å². The molecular weight excluding hydrogens is 415 g/mol. The summed E-state index contributed by atoms with van der Waals surface area (Å²) in [6, 6.07) is 15.0. The zero-order chi connectivity index (χ0) is 19.9. The van der Waals surface area contributed by atoms with E-state index in [-0.39, 0.29) is 12.5 Å². The highest BCUT2D eigenvalue weighted by Gasteiger charge is 2.11. The van der Waals surface area contributed by atoms with Gasteiger partial charge in [0.1, 0.15) is 0 Å². The third-order valence-corrected chi connectivity index (χ3v) is 5.76. The first kappa shape index (κ1) is 20.5. The number of thioether (sulfide) groups is 1. The fourth-order valence-corrected chi connectivity index (χ4v) is 3.80. The standard InChI is InChI=1S/C20H18Cl2N4OS/c1-26-18(12-23-19(27)11-10-14-6-2-4-8-16(14)21)24-25-20(26)28-13-15-7-3-5-9-17(15)22/h2-11H,12-13H2,1H3,(H,23,27)/b11-10+. The molecular formula is C20H18Cl2N4OS. The fourth-order valence-electron chi connectivity index (χ4n) is 2.38. The summed E-state index contributed by atoms with van der Waals surface area (Å²) >= 11 is 13.8. The second-order valence-electron chi connectivity index (χ2n) is 5.91. The van der Waals surface area contributed by atoms with E-state index < -0.39 is 0 Å². The lowest BCUT2D eigenvalue weighted by molar-refractivity contribution is -0.116. The van der Waals surface area contributed by atoms with Gasteiger partial charge in [-0.25, -0.2) is 0 Å². The molecule has 0 saturated carbocycles. The number of amides is 1. The van der Waals surface area contributed by atoms with Crippen molar-refractivity contribution in [3.8, 4) is 0 Å². The number of nitrogens with one attached hydrogen (secondary N) is 1. The van der Waals surface area contributed by atoms with Gasteiger partial charge in [0, 0.05) is 28.9 Å². The average Bonchev–Trinajstić information content (AvgIpc) is 3.05. The van der Waals surface area contributed by atoms with Gasteiger partial charge >= 0.3 is 0 Å². The van der Waals surface area contributed by atoms with Crippen LogP contribution >= 0.6 is 35.0 Å². The van der Waals surface area contributed by atoms with Gasteiger partial charge in [0.2, 0.25) is 5.91 Å². The molecule has 0 aliphatic rings. The van der Waals surface area contributed by atoms with Crippen LogP contribution in [-0.2, 0) is 24.1 Å². The van der Waals surface area contributed by atoms with Crippen molar-refractivity contribution in [3.63, 3.8) is 0 Å². The molecule has 0 fully saturated rings. The topological polar surface area (TPSA) is 59.8 Å². The predicted octanol–water partition coefficient (Wildman–Crippen LogP) is 4.74. The molecule has 0 aliphatic carbocycles. The van der Waals surface area contributed by atoms with Gasteiger partial charge in [-0.15, -0.1) is 10.2 Å². The summed E-state index contributed by atoms with van der Waals surface area (Å²) in [5, 5.41) is 13.2. The van der Waals surface area contributed by atoms with Crippen LogP contribution in [0.2, 0.25) is 10.0 Å². The molecule has 0 bridgehead atoms. The summed E-state index contributed by atoms with van der Waals surface area (Å²) in [6.45, 7) is 0.280. The number of benzene rings is 2. The van der Waals surface area contributed by atoms with Crippen LogP contribution in [-0.4, -0.2) is 20.7 Å². The first-order chi connectivity index (χ1) is 13.5. The van der Waals surface area contributed by atoms with Gasteiger partial charge in [0.15, 0.2) is 11.0 Å². The highest BCUT2D eigenvalue weighted by Crippen LogP contribution is 2.25. The molecule has 0 unspecified atom stereocenters. The Morgan fingerprint density at radius 3 is 2.57 bits per heavy atom. The molecule has 0 radical (unpaired) electrons. The first-order valence-electron chi connectivity index (χ1n) is 8.49. The van der Waals surface area contributed by atoms with Gasteiger partial charge in [-0.3, -0.25) is 4.79 Å². The number of hydrogen-bond donors (Lipinski definition) is 1.